The lowest BCUT2D eigenvalue weighted by Gasteiger charge is -2.31. The van der Waals surface area contributed by atoms with Crippen molar-refractivity contribution in [3.8, 4) is 0 Å². The second-order valence-electron chi connectivity index (χ2n) is 6.37. The Labute approximate surface area is 141 Å². The molecule has 0 radical (unpaired) electrons. The molecule has 0 saturated heterocycles. The molecule has 1 N–H and O–H groups in total. The summed E-state index contributed by atoms with van der Waals surface area (Å²) < 4.78 is 15.1. The number of amides is 1. The monoisotopic (exact) mass is 330 g/mol. The van der Waals surface area contributed by atoms with E-state index in [0.717, 1.165) is 19.3 Å². The van der Waals surface area contributed by atoms with Crippen molar-refractivity contribution in [2.45, 2.75) is 31.7 Å². The van der Waals surface area contributed by atoms with Gasteiger partial charge in [0.25, 0.3) is 0 Å². The van der Waals surface area contributed by atoms with E-state index in [2.05, 4.69) is 15.3 Å². The average molecular weight is 330 g/mol. The zero-order valence-electron chi connectivity index (χ0n) is 14.1. The maximum absolute atomic E-state index is 13.1. The summed E-state index contributed by atoms with van der Waals surface area (Å²) in [6, 6.07) is 6.27. The molecule has 1 aliphatic carbocycles. The average Bonchev–Trinajstić information content (AvgIpc) is 2.94. The fraction of sp³-hybridized carbons (Fsp3) is 0.444. The van der Waals surface area contributed by atoms with Crippen molar-refractivity contribution in [2.75, 3.05) is 18.9 Å². The lowest BCUT2D eigenvalue weighted by molar-refractivity contribution is -0.116. The van der Waals surface area contributed by atoms with E-state index >= 15 is 0 Å². The van der Waals surface area contributed by atoms with E-state index < -0.39 is 0 Å². The van der Waals surface area contributed by atoms with Crippen LogP contribution in [0.1, 0.15) is 36.6 Å². The third-order valence-electron chi connectivity index (χ3n) is 4.68. The summed E-state index contributed by atoms with van der Waals surface area (Å²) in [5, 5.41) is 7.11. The lowest BCUT2D eigenvalue weighted by atomic mass is 9.92. The topological polar surface area (TPSA) is 50.2 Å². The smallest absolute Gasteiger partial charge is 0.225 e. The Morgan fingerprint density at radius 1 is 1.50 bits per heavy atom. The standard InChI is InChI=1S/C18H23FN4O/c1-22(16-7-4-8-17-15(16)12-20-23(17)2)10-9-18(24)21-14-6-3-5-13(19)11-14/h3,5-6,11-12,16H,4,7-10H2,1-2H3,(H,21,24)/t16-/m1/s1. The van der Waals surface area contributed by atoms with Crippen LogP contribution < -0.4 is 5.32 Å². The van der Waals surface area contributed by atoms with Gasteiger partial charge in [-0.2, -0.15) is 5.10 Å². The summed E-state index contributed by atoms with van der Waals surface area (Å²) in [6.45, 7) is 0.653. The number of rotatable bonds is 5. The predicted molar refractivity (Wildman–Crippen MR) is 91.2 cm³/mol. The zero-order chi connectivity index (χ0) is 17.1. The maximum Gasteiger partial charge on any atom is 0.225 e. The molecular formula is C18H23FN4O. The van der Waals surface area contributed by atoms with Crippen LogP contribution in [0.2, 0.25) is 0 Å². The van der Waals surface area contributed by atoms with Crippen LogP contribution >= 0.6 is 0 Å². The van der Waals surface area contributed by atoms with Gasteiger partial charge in [-0.1, -0.05) is 6.07 Å². The normalized spacial score (nSPS) is 16.9. The number of aromatic nitrogens is 2. The second-order valence-corrected chi connectivity index (χ2v) is 6.37. The van der Waals surface area contributed by atoms with Gasteiger partial charge in [0.15, 0.2) is 0 Å². The first-order valence-corrected chi connectivity index (χ1v) is 8.31. The molecule has 24 heavy (non-hydrogen) atoms. The number of carbonyl (C=O) groups excluding carboxylic acids is 1. The van der Waals surface area contributed by atoms with Crippen molar-refractivity contribution in [1.29, 1.82) is 0 Å². The number of aryl methyl sites for hydroxylation is 1. The molecule has 5 nitrogen and oxygen atoms in total. The number of halogens is 1. The van der Waals surface area contributed by atoms with Gasteiger partial charge in [-0.25, -0.2) is 4.39 Å². The Kier molecular flexibility index (Phi) is 4.94. The van der Waals surface area contributed by atoms with Gasteiger partial charge < -0.3 is 5.32 Å². The fourth-order valence-corrected chi connectivity index (χ4v) is 3.36. The fourth-order valence-electron chi connectivity index (χ4n) is 3.36. The molecule has 1 aromatic carbocycles. The van der Waals surface area contributed by atoms with Gasteiger partial charge in [0.05, 0.1) is 6.20 Å². The molecule has 1 atom stereocenters. The summed E-state index contributed by atoms with van der Waals surface area (Å²) in [7, 11) is 4.02. The van der Waals surface area contributed by atoms with Crippen molar-refractivity contribution in [3.05, 3.63) is 47.5 Å². The van der Waals surface area contributed by atoms with E-state index in [1.54, 1.807) is 12.1 Å². The third kappa shape index (κ3) is 3.64. The lowest BCUT2D eigenvalue weighted by Crippen LogP contribution is -2.30. The molecular weight excluding hydrogens is 307 g/mol. The minimum atomic E-state index is -0.351. The molecule has 0 bridgehead atoms. The van der Waals surface area contributed by atoms with Crippen LogP contribution in [0.15, 0.2) is 30.5 Å². The third-order valence-corrected chi connectivity index (χ3v) is 4.68. The SMILES string of the molecule is CN(CCC(=O)Nc1cccc(F)c1)[C@@H]1CCCc2c1cnn2C. The van der Waals surface area contributed by atoms with E-state index in [-0.39, 0.29) is 11.7 Å². The number of hydrogen-bond acceptors (Lipinski definition) is 3. The van der Waals surface area contributed by atoms with Crippen LogP contribution in [0, 0.1) is 5.82 Å². The predicted octanol–water partition coefficient (Wildman–Crippen LogP) is 2.90. The maximum atomic E-state index is 13.1. The van der Waals surface area contributed by atoms with Crippen LogP contribution in [-0.4, -0.2) is 34.2 Å². The first-order chi connectivity index (χ1) is 11.5. The van der Waals surface area contributed by atoms with E-state index in [1.165, 1.54) is 23.4 Å². The number of hydrogen-bond donors (Lipinski definition) is 1. The molecule has 2 aromatic rings. The Morgan fingerprint density at radius 3 is 3.12 bits per heavy atom. The highest BCUT2D eigenvalue weighted by Crippen LogP contribution is 2.33. The zero-order valence-corrected chi connectivity index (χ0v) is 14.1. The molecule has 1 aromatic heterocycles. The highest BCUT2D eigenvalue weighted by atomic mass is 19.1. The summed E-state index contributed by atoms with van der Waals surface area (Å²) in [5.41, 5.74) is 3.06. The number of benzene rings is 1. The quantitative estimate of drug-likeness (QED) is 0.917. The van der Waals surface area contributed by atoms with Gasteiger partial charge in [-0.3, -0.25) is 14.4 Å². The number of nitrogens with zero attached hydrogens (tertiary/aromatic N) is 3. The molecule has 128 valence electrons. The molecule has 1 amide bonds. The van der Waals surface area contributed by atoms with Crippen molar-refractivity contribution in [3.63, 3.8) is 0 Å². The molecule has 0 saturated carbocycles. The summed E-state index contributed by atoms with van der Waals surface area (Å²) in [6.07, 6.45) is 5.61. The molecule has 0 unspecified atom stereocenters. The molecule has 6 heteroatoms. The van der Waals surface area contributed by atoms with Gasteiger partial charge in [0.1, 0.15) is 5.82 Å². The molecule has 0 fully saturated rings. The van der Waals surface area contributed by atoms with Crippen LogP contribution in [0.3, 0.4) is 0 Å². The van der Waals surface area contributed by atoms with Gasteiger partial charge in [-0.05, 0) is 44.5 Å². The Balaban J connectivity index is 1.56. The molecule has 1 aliphatic rings. The van der Waals surface area contributed by atoms with Gasteiger partial charge in [0.2, 0.25) is 5.91 Å². The van der Waals surface area contributed by atoms with E-state index in [1.807, 2.05) is 25.0 Å². The summed E-state index contributed by atoms with van der Waals surface area (Å²) in [4.78, 5) is 14.3. The number of anilines is 1. The van der Waals surface area contributed by atoms with Crippen LogP contribution in [0.25, 0.3) is 0 Å². The van der Waals surface area contributed by atoms with Crippen LogP contribution in [-0.2, 0) is 18.3 Å². The van der Waals surface area contributed by atoms with Gasteiger partial charge in [0, 0.05) is 43.0 Å². The number of nitrogens with one attached hydrogen (secondary N) is 1. The van der Waals surface area contributed by atoms with Crippen LogP contribution in [0.5, 0.6) is 0 Å². The summed E-state index contributed by atoms with van der Waals surface area (Å²) in [5.74, 6) is -0.453. The summed E-state index contributed by atoms with van der Waals surface area (Å²) >= 11 is 0. The first-order valence-electron chi connectivity index (χ1n) is 8.31. The van der Waals surface area contributed by atoms with E-state index in [0.29, 0.717) is 24.7 Å². The van der Waals surface area contributed by atoms with Crippen molar-refractivity contribution < 1.29 is 9.18 Å². The minimum absolute atomic E-state index is 0.102. The van der Waals surface area contributed by atoms with Gasteiger partial charge >= 0.3 is 0 Å². The van der Waals surface area contributed by atoms with E-state index in [9.17, 15) is 9.18 Å². The van der Waals surface area contributed by atoms with Crippen LogP contribution in [0.4, 0.5) is 10.1 Å². The Bertz CT molecular complexity index is 728. The van der Waals surface area contributed by atoms with E-state index in [4.69, 9.17) is 0 Å². The molecule has 0 spiro atoms. The van der Waals surface area contributed by atoms with Gasteiger partial charge in [-0.15, -0.1) is 0 Å². The highest BCUT2D eigenvalue weighted by molar-refractivity contribution is 5.90. The molecule has 1 heterocycles. The Morgan fingerprint density at radius 2 is 2.33 bits per heavy atom. The Hall–Kier alpha value is -2.21. The first kappa shape index (κ1) is 16.6. The minimum Gasteiger partial charge on any atom is -0.326 e. The molecule has 3 rings (SSSR count). The van der Waals surface area contributed by atoms with Crippen molar-refractivity contribution >= 4 is 11.6 Å². The molecule has 0 aliphatic heterocycles. The number of carbonyl (C=O) groups is 1. The number of fused-ring (bicyclic) bond motifs is 1. The largest absolute Gasteiger partial charge is 0.326 e. The van der Waals surface area contributed by atoms with Crippen molar-refractivity contribution in [2.24, 2.45) is 7.05 Å². The van der Waals surface area contributed by atoms with Crippen molar-refractivity contribution in [1.82, 2.24) is 14.7 Å². The second kappa shape index (κ2) is 7.13. The highest BCUT2D eigenvalue weighted by Gasteiger charge is 2.26.